The molecule has 0 spiro atoms. The fourth-order valence-corrected chi connectivity index (χ4v) is 5.07. The topological polar surface area (TPSA) is 66.5 Å². The first kappa shape index (κ1) is 19.4. The van der Waals surface area contributed by atoms with Crippen molar-refractivity contribution in [3.63, 3.8) is 0 Å². The molecule has 0 unspecified atom stereocenters. The quantitative estimate of drug-likeness (QED) is 0.701. The Bertz CT molecular complexity index is 824. The first-order valence-electron chi connectivity index (χ1n) is 7.02. The molecule has 0 atom stereocenters. The van der Waals surface area contributed by atoms with E-state index in [1.165, 1.54) is 12.1 Å². The Hall–Kier alpha value is -0.930. The molecule has 0 aliphatic heterocycles. The van der Waals surface area contributed by atoms with Crippen LogP contribution in [0.3, 0.4) is 0 Å². The van der Waals surface area contributed by atoms with Gasteiger partial charge >= 0.3 is 0 Å². The van der Waals surface area contributed by atoms with Crippen molar-refractivity contribution in [1.29, 1.82) is 0 Å². The van der Waals surface area contributed by atoms with Gasteiger partial charge in [0, 0.05) is 24.9 Å². The maximum atomic E-state index is 12.2. The average molecular weight is 452 g/mol. The predicted molar refractivity (Wildman–Crippen MR) is 99.8 cm³/mol. The zero-order valence-electron chi connectivity index (χ0n) is 12.8. The van der Waals surface area contributed by atoms with Gasteiger partial charge in [-0.25, -0.2) is 13.1 Å². The van der Waals surface area contributed by atoms with Crippen LogP contribution in [0.15, 0.2) is 45.1 Å². The van der Waals surface area contributed by atoms with Crippen LogP contribution in [0.25, 0.3) is 0 Å². The van der Waals surface area contributed by atoms with E-state index in [0.717, 1.165) is 8.66 Å². The molecule has 0 saturated heterocycles. The number of halogens is 2. The molecule has 24 heavy (non-hydrogen) atoms. The Labute approximate surface area is 158 Å². The van der Waals surface area contributed by atoms with Crippen LogP contribution in [0.1, 0.15) is 11.3 Å². The zero-order valence-corrected chi connectivity index (χ0v) is 16.8. The molecular formula is C15H16BrClN2O3S2. The Morgan fingerprint density at radius 2 is 2.00 bits per heavy atom. The molecule has 9 heteroatoms. The average Bonchev–Trinajstić information content (AvgIpc) is 2.92. The number of hydrogen-bond donors (Lipinski definition) is 1. The van der Waals surface area contributed by atoms with E-state index < -0.39 is 10.0 Å². The third kappa shape index (κ3) is 5.29. The highest BCUT2D eigenvalue weighted by Crippen LogP contribution is 2.23. The Morgan fingerprint density at radius 1 is 1.29 bits per heavy atom. The lowest BCUT2D eigenvalue weighted by Gasteiger charge is -2.16. The normalized spacial score (nSPS) is 11.5. The maximum Gasteiger partial charge on any atom is 0.242 e. The highest BCUT2D eigenvalue weighted by atomic mass is 79.9. The van der Waals surface area contributed by atoms with E-state index in [9.17, 15) is 13.2 Å². The molecule has 2 aromatic rings. The lowest BCUT2D eigenvalue weighted by Crippen LogP contribution is -2.31. The van der Waals surface area contributed by atoms with Crippen molar-refractivity contribution in [2.75, 3.05) is 13.6 Å². The van der Waals surface area contributed by atoms with E-state index >= 15 is 0 Å². The van der Waals surface area contributed by atoms with Crippen molar-refractivity contribution in [2.45, 2.75) is 17.9 Å². The molecule has 2 rings (SSSR count). The number of carbonyl (C=O) groups is 1. The first-order valence-corrected chi connectivity index (χ1v) is 10.5. The molecule has 0 saturated carbocycles. The smallest absolute Gasteiger partial charge is 0.242 e. The van der Waals surface area contributed by atoms with Crippen LogP contribution in [0, 0.1) is 0 Å². The van der Waals surface area contributed by atoms with Crippen LogP contribution in [-0.2, 0) is 21.4 Å². The van der Waals surface area contributed by atoms with Crippen LogP contribution < -0.4 is 4.72 Å². The second-order valence-electron chi connectivity index (χ2n) is 5.03. The molecule has 1 heterocycles. The van der Waals surface area contributed by atoms with Gasteiger partial charge in [0.25, 0.3) is 0 Å². The fourth-order valence-electron chi connectivity index (χ4n) is 1.98. The van der Waals surface area contributed by atoms with E-state index in [1.54, 1.807) is 35.4 Å². The molecule has 1 aromatic heterocycles. The highest BCUT2D eigenvalue weighted by molar-refractivity contribution is 9.11. The number of sulfonamides is 1. The lowest BCUT2D eigenvalue weighted by molar-refractivity contribution is -0.130. The van der Waals surface area contributed by atoms with Crippen molar-refractivity contribution in [1.82, 2.24) is 9.62 Å². The summed E-state index contributed by atoms with van der Waals surface area (Å²) in [5.74, 6) is -0.138. The van der Waals surface area contributed by atoms with Crippen molar-refractivity contribution in [3.8, 4) is 0 Å². The number of thiophene rings is 1. The van der Waals surface area contributed by atoms with Crippen molar-refractivity contribution >= 4 is 54.8 Å². The van der Waals surface area contributed by atoms with Gasteiger partial charge in [-0.2, -0.15) is 0 Å². The van der Waals surface area contributed by atoms with Crippen LogP contribution >= 0.6 is 38.9 Å². The van der Waals surface area contributed by atoms with Crippen molar-refractivity contribution in [2.24, 2.45) is 0 Å². The van der Waals surface area contributed by atoms with Gasteiger partial charge in [0.2, 0.25) is 15.9 Å². The van der Waals surface area contributed by atoms with E-state index in [0.29, 0.717) is 6.54 Å². The van der Waals surface area contributed by atoms with Gasteiger partial charge in [-0.05, 0) is 40.2 Å². The number of hydrogen-bond acceptors (Lipinski definition) is 4. The monoisotopic (exact) mass is 450 g/mol. The first-order chi connectivity index (χ1) is 11.3. The number of nitrogens with zero attached hydrogens (tertiary/aromatic N) is 1. The molecule has 1 N–H and O–H groups in total. The number of nitrogens with one attached hydrogen (secondary N) is 1. The molecule has 0 radical (unpaired) electrons. The van der Waals surface area contributed by atoms with Gasteiger partial charge in [0.05, 0.1) is 15.4 Å². The lowest BCUT2D eigenvalue weighted by atomic mass is 10.3. The molecule has 5 nitrogen and oxygen atoms in total. The second kappa shape index (κ2) is 8.44. The summed E-state index contributed by atoms with van der Waals surface area (Å²) in [6, 6.07) is 10.1. The van der Waals surface area contributed by atoms with Crippen LogP contribution in [0.5, 0.6) is 0 Å². The van der Waals surface area contributed by atoms with Crippen LogP contribution in [0.4, 0.5) is 0 Å². The van der Waals surface area contributed by atoms with E-state index in [2.05, 4.69) is 20.7 Å². The summed E-state index contributed by atoms with van der Waals surface area (Å²) in [5.41, 5.74) is 0. The summed E-state index contributed by atoms with van der Waals surface area (Å²) < 4.78 is 27.8. The third-order valence-electron chi connectivity index (χ3n) is 3.20. The number of carbonyl (C=O) groups excluding carboxylic acids is 1. The minimum Gasteiger partial charge on any atom is -0.341 e. The van der Waals surface area contributed by atoms with Crippen LogP contribution in [0.2, 0.25) is 5.02 Å². The Morgan fingerprint density at radius 3 is 2.62 bits per heavy atom. The zero-order chi connectivity index (χ0) is 17.7. The highest BCUT2D eigenvalue weighted by Gasteiger charge is 2.18. The summed E-state index contributed by atoms with van der Waals surface area (Å²) >= 11 is 10.8. The minimum absolute atomic E-state index is 0.0101. The standard InChI is InChI=1S/C15H16BrClN2O3S2/c1-19(10-11-6-7-14(16)23-11)15(20)8-9-18-24(21,22)13-5-3-2-4-12(13)17/h2-7,18H,8-10H2,1H3. The molecule has 0 aliphatic carbocycles. The summed E-state index contributed by atoms with van der Waals surface area (Å²) in [7, 11) is -2.03. The molecule has 1 aromatic carbocycles. The van der Waals surface area contributed by atoms with Crippen molar-refractivity contribution in [3.05, 3.63) is 50.1 Å². The molecule has 0 fully saturated rings. The van der Waals surface area contributed by atoms with E-state index in [-0.39, 0.29) is 28.8 Å². The second-order valence-corrected chi connectivity index (χ2v) is 9.72. The van der Waals surface area contributed by atoms with Gasteiger partial charge in [-0.15, -0.1) is 11.3 Å². The van der Waals surface area contributed by atoms with Gasteiger partial charge in [-0.1, -0.05) is 23.7 Å². The minimum atomic E-state index is -3.72. The molecule has 0 bridgehead atoms. The largest absolute Gasteiger partial charge is 0.341 e. The molecule has 0 aliphatic rings. The molecule has 1 amide bonds. The van der Waals surface area contributed by atoms with E-state index in [1.807, 2.05) is 12.1 Å². The predicted octanol–water partition coefficient (Wildman–Crippen LogP) is 3.49. The number of rotatable bonds is 7. The van der Waals surface area contributed by atoms with Gasteiger partial charge in [0.15, 0.2) is 0 Å². The number of amides is 1. The third-order valence-corrected chi connectivity index (χ3v) is 6.77. The Balaban J connectivity index is 1.86. The summed E-state index contributed by atoms with van der Waals surface area (Å²) in [6.45, 7) is 0.511. The van der Waals surface area contributed by atoms with Crippen LogP contribution in [-0.4, -0.2) is 32.8 Å². The van der Waals surface area contributed by atoms with E-state index in [4.69, 9.17) is 11.6 Å². The SMILES string of the molecule is CN(Cc1ccc(Br)s1)C(=O)CCNS(=O)(=O)c1ccccc1Cl. The van der Waals surface area contributed by atoms with Gasteiger partial charge in [-0.3, -0.25) is 4.79 Å². The summed E-state index contributed by atoms with van der Waals surface area (Å²) in [4.78, 5) is 14.7. The van der Waals surface area contributed by atoms with Gasteiger partial charge < -0.3 is 4.90 Å². The van der Waals surface area contributed by atoms with Crippen molar-refractivity contribution < 1.29 is 13.2 Å². The maximum absolute atomic E-state index is 12.2. The van der Waals surface area contributed by atoms with Gasteiger partial charge in [0.1, 0.15) is 4.90 Å². The summed E-state index contributed by atoms with van der Waals surface area (Å²) in [6.07, 6.45) is 0.0761. The summed E-state index contributed by atoms with van der Waals surface area (Å²) in [5, 5.41) is 0.150. The fraction of sp³-hybridized carbons (Fsp3) is 0.267. The Kier molecular flexibility index (Phi) is 6.82. The number of benzene rings is 1. The molecular weight excluding hydrogens is 436 g/mol. The molecule has 130 valence electrons.